The Hall–Kier alpha value is -4.18. The summed E-state index contributed by atoms with van der Waals surface area (Å²) in [4.78, 5) is 0. The van der Waals surface area contributed by atoms with Gasteiger partial charge >= 0.3 is 0 Å². The van der Waals surface area contributed by atoms with Gasteiger partial charge in [0, 0.05) is 11.1 Å². The normalized spacial score (nSPS) is 11.3. The lowest BCUT2D eigenvalue weighted by Gasteiger charge is -2.13. The van der Waals surface area contributed by atoms with Crippen LogP contribution in [0.15, 0.2) is 24.3 Å². The Morgan fingerprint density at radius 3 is 1.36 bits per heavy atom. The maximum Gasteiger partial charge on any atom is 0.205 e. The van der Waals surface area contributed by atoms with E-state index in [-0.39, 0.29) is 30.3 Å². The molecule has 0 radical (unpaired) electrons. The zero-order chi connectivity index (χ0) is 31.0. The van der Waals surface area contributed by atoms with Crippen LogP contribution in [0.5, 0.6) is 11.5 Å². The predicted molar refractivity (Wildman–Crippen MR) is 141 cm³/mol. The van der Waals surface area contributed by atoms with Gasteiger partial charge in [-0.3, -0.25) is 0 Å². The summed E-state index contributed by atoms with van der Waals surface area (Å²) in [6.07, 6.45) is 2.57. The van der Waals surface area contributed by atoms with Crippen molar-refractivity contribution in [3.05, 3.63) is 93.1 Å². The van der Waals surface area contributed by atoms with E-state index in [1.54, 1.807) is 6.92 Å². The van der Waals surface area contributed by atoms with Gasteiger partial charge in [0.1, 0.15) is 11.1 Å². The highest BCUT2D eigenvalue weighted by Gasteiger charge is 2.27. The van der Waals surface area contributed by atoms with Crippen LogP contribution in [0.4, 0.5) is 35.1 Å². The molecule has 0 fully saturated rings. The maximum atomic E-state index is 14.5. The van der Waals surface area contributed by atoms with E-state index >= 15 is 0 Å². The smallest absolute Gasteiger partial charge is 0.205 e. The Balaban J connectivity index is 1.83. The molecule has 3 aromatic carbocycles. The zero-order valence-corrected chi connectivity index (χ0v) is 23.0. The number of rotatable bonds is 9. The van der Waals surface area contributed by atoms with Crippen LogP contribution < -0.4 is 9.47 Å². The first-order chi connectivity index (χ1) is 20.0. The fourth-order valence-electron chi connectivity index (χ4n) is 3.47. The lowest BCUT2D eigenvalue weighted by Crippen LogP contribution is -2.12. The fraction of sp³-hybridized carbons (Fsp3) is 0.312. The van der Waals surface area contributed by atoms with Gasteiger partial charge in [-0.05, 0) is 36.6 Å². The minimum absolute atomic E-state index is 0.109. The molecule has 0 aromatic heterocycles. The summed E-state index contributed by atoms with van der Waals surface area (Å²) in [7, 11) is 0. The van der Waals surface area contributed by atoms with Crippen LogP contribution in [0.3, 0.4) is 0 Å². The molecular formula is C32H26F8O2. The van der Waals surface area contributed by atoms with Gasteiger partial charge in [-0.15, -0.1) is 0 Å². The minimum Gasteiger partial charge on any atom is -0.487 e. The van der Waals surface area contributed by atoms with Crippen molar-refractivity contribution in [1.29, 1.82) is 0 Å². The monoisotopic (exact) mass is 594 g/mol. The molecule has 10 heteroatoms. The molecule has 222 valence electrons. The molecule has 0 amide bonds. The molecule has 0 N–H and O–H groups in total. The van der Waals surface area contributed by atoms with Crippen molar-refractivity contribution in [3.8, 4) is 35.2 Å². The Bertz CT molecular complexity index is 1500. The Labute approximate surface area is 238 Å². The number of ether oxygens (including phenoxy) is 2. The van der Waals surface area contributed by atoms with Gasteiger partial charge in [0.05, 0.1) is 13.2 Å². The lowest BCUT2D eigenvalue weighted by molar-refractivity contribution is 0.227. The summed E-state index contributed by atoms with van der Waals surface area (Å²) in [6.45, 7) is 5.17. The lowest BCUT2D eigenvalue weighted by atomic mass is 10.1. The van der Waals surface area contributed by atoms with Gasteiger partial charge in [-0.1, -0.05) is 63.7 Å². The third-order valence-corrected chi connectivity index (χ3v) is 6.20. The zero-order valence-electron chi connectivity index (χ0n) is 23.0. The molecule has 0 aliphatic rings. The van der Waals surface area contributed by atoms with Gasteiger partial charge < -0.3 is 9.47 Å². The maximum absolute atomic E-state index is 14.5. The summed E-state index contributed by atoms with van der Waals surface area (Å²) < 4.78 is 125. The highest BCUT2D eigenvalue weighted by atomic mass is 19.2. The molecular weight excluding hydrogens is 568 g/mol. The van der Waals surface area contributed by atoms with Gasteiger partial charge in [0.15, 0.2) is 34.8 Å². The molecule has 0 spiro atoms. The van der Waals surface area contributed by atoms with E-state index in [4.69, 9.17) is 9.47 Å². The van der Waals surface area contributed by atoms with E-state index in [2.05, 4.69) is 11.8 Å². The van der Waals surface area contributed by atoms with Crippen molar-refractivity contribution in [1.82, 2.24) is 0 Å². The first-order valence-electron chi connectivity index (χ1n) is 13.1. The highest BCUT2D eigenvalue weighted by molar-refractivity contribution is 5.51. The number of hydrogen-bond acceptors (Lipinski definition) is 2. The number of hydrogen-bond donors (Lipinski definition) is 0. The van der Waals surface area contributed by atoms with Gasteiger partial charge in [-0.2, -0.15) is 17.6 Å². The van der Waals surface area contributed by atoms with Crippen molar-refractivity contribution in [2.45, 2.75) is 46.5 Å². The van der Waals surface area contributed by atoms with E-state index in [1.165, 1.54) is 24.3 Å². The Morgan fingerprint density at radius 1 is 0.571 bits per heavy atom. The van der Waals surface area contributed by atoms with E-state index in [0.29, 0.717) is 19.3 Å². The first-order valence-corrected chi connectivity index (χ1v) is 13.1. The van der Waals surface area contributed by atoms with Crippen LogP contribution in [0.25, 0.3) is 0 Å². The molecule has 0 unspecified atom stereocenters. The molecule has 0 heterocycles. The second-order valence-corrected chi connectivity index (χ2v) is 9.38. The van der Waals surface area contributed by atoms with E-state index in [0.717, 1.165) is 6.42 Å². The minimum atomic E-state index is -1.72. The number of benzene rings is 3. The van der Waals surface area contributed by atoms with Crippen LogP contribution in [0, 0.1) is 76.1 Å². The molecule has 1 atom stereocenters. The first kappa shape index (κ1) is 32.3. The molecule has 42 heavy (non-hydrogen) atoms. The number of halogens is 8. The quantitative estimate of drug-likeness (QED) is 0.107. The molecule has 0 saturated carbocycles. The molecule has 2 nitrogen and oxygen atoms in total. The molecule has 3 aromatic rings. The van der Waals surface area contributed by atoms with Crippen LogP contribution in [-0.4, -0.2) is 13.2 Å². The second kappa shape index (κ2) is 14.6. The highest BCUT2D eigenvalue weighted by Crippen LogP contribution is 2.31. The molecule has 0 aliphatic heterocycles. The van der Waals surface area contributed by atoms with Crippen molar-refractivity contribution in [2.75, 3.05) is 13.2 Å². The summed E-state index contributed by atoms with van der Waals surface area (Å²) in [5, 5.41) is 0. The summed E-state index contributed by atoms with van der Waals surface area (Å²) >= 11 is 0. The van der Waals surface area contributed by atoms with Crippen LogP contribution in [0.1, 0.15) is 68.7 Å². The van der Waals surface area contributed by atoms with Crippen molar-refractivity contribution in [2.24, 2.45) is 5.92 Å². The fourth-order valence-corrected chi connectivity index (χ4v) is 3.47. The largest absolute Gasteiger partial charge is 0.487 e. The average molecular weight is 595 g/mol. The second-order valence-electron chi connectivity index (χ2n) is 9.38. The van der Waals surface area contributed by atoms with Crippen LogP contribution in [-0.2, 0) is 0 Å². The third kappa shape index (κ3) is 7.36. The SMILES string of the molecule is CCCCCOc1c(F)c(F)c(C#Cc2ccc(C#Cc3c(F)c(F)c(OC[C@@H](C)CC)c(F)c3F)cc2)c(F)c1F. The molecule has 3 rings (SSSR count). The standard InChI is InChI=1S/C32H26F8O2/c1-4-6-7-16-41-31-27(37)23(33)21(24(34)28(31)38)14-12-19-8-10-20(11-9-19)13-15-22-25(35)29(39)32(30(40)26(22)36)42-17-18(3)5-2/h8-11,18H,4-7,16-17H2,1-3H3/t18-/m0/s1. The van der Waals surface area contributed by atoms with E-state index in [1.807, 2.05) is 25.7 Å². The average Bonchev–Trinajstić information content (AvgIpc) is 2.99. The van der Waals surface area contributed by atoms with Crippen LogP contribution in [0.2, 0.25) is 0 Å². The van der Waals surface area contributed by atoms with Gasteiger partial charge in [0.2, 0.25) is 23.3 Å². The van der Waals surface area contributed by atoms with Gasteiger partial charge in [-0.25, -0.2) is 17.6 Å². The summed E-state index contributed by atoms with van der Waals surface area (Å²) in [5.74, 6) is -7.33. The summed E-state index contributed by atoms with van der Waals surface area (Å²) in [6, 6.07) is 5.18. The van der Waals surface area contributed by atoms with E-state index < -0.39 is 69.2 Å². The summed E-state index contributed by atoms with van der Waals surface area (Å²) in [5.41, 5.74) is -2.01. The van der Waals surface area contributed by atoms with Gasteiger partial charge in [0.25, 0.3) is 0 Å². The van der Waals surface area contributed by atoms with Crippen molar-refractivity contribution >= 4 is 0 Å². The van der Waals surface area contributed by atoms with Crippen molar-refractivity contribution < 1.29 is 44.6 Å². The predicted octanol–water partition coefficient (Wildman–Crippen LogP) is 8.59. The van der Waals surface area contributed by atoms with Crippen molar-refractivity contribution in [3.63, 3.8) is 0 Å². The topological polar surface area (TPSA) is 18.5 Å². The van der Waals surface area contributed by atoms with E-state index in [9.17, 15) is 35.1 Å². The van der Waals surface area contributed by atoms with Crippen LogP contribution >= 0.6 is 0 Å². The molecule has 0 saturated heterocycles. The Morgan fingerprint density at radius 2 is 0.976 bits per heavy atom. The third-order valence-electron chi connectivity index (χ3n) is 6.20. The molecule has 0 aliphatic carbocycles. The number of unbranched alkanes of at least 4 members (excludes halogenated alkanes) is 2. The Kier molecular flexibility index (Phi) is 11.3. The molecule has 0 bridgehead atoms.